The molecule has 2 aliphatic rings. The summed E-state index contributed by atoms with van der Waals surface area (Å²) in [4.78, 5) is 43.6. The van der Waals surface area contributed by atoms with Gasteiger partial charge in [-0.3, -0.25) is 14.9 Å². The summed E-state index contributed by atoms with van der Waals surface area (Å²) in [6, 6.07) is -0.431. The number of ether oxygens (including phenoxy) is 1. The lowest BCUT2D eigenvalue weighted by Gasteiger charge is -2.22. The molecule has 238 valence electrons. The fraction of sp³-hybridized carbons (Fsp3) is 0.500. The molecule has 1 unspecified atom stereocenters. The van der Waals surface area contributed by atoms with Crippen LogP contribution in [-0.2, 0) is 20.7 Å². The Bertz CT molecular complexity index is 1330. The molecule has 1 saturated carbocycles. The van der Waals surface area contributed by atoms with Crippen LogP contribution in [0, 0.1) is 16.0 Å². The molecule has 3 N–H and O–H groups in total. The van der Waals surface area contributed by atoms with Crippen molar-refractivity contribution in [3.8, 4) is 0 Å². The van der Waals surface area contributed by atoms with Crippen LogP contribution in [0.1, 0.15) is 96.0 Å². The number of carboxylic acids is 1. The largest absolute Gasteiger partial charge is 0.493 e. The Balaban J connectivity index is 1.80. The zero-order chi connectivity index (χ0) is 31.9. The lowest BCUT2D eigenvalue weighted by molar-refractivity contribution is -0.418. The van der Waals surface area contributed by atoms with Crippen molar-refractivity contribution in [3.05, 3.63) is 93.5 Å². The highest BCUT2D eigenvalue weighted by molar-refractivity contribution is 5.91. The highest BCUT2D eigenvalue weighted by Gasteiger charge is 2.23. The Hall–Kier alpha value is -4.21. The number of aromatic amines is 1. The number of allylic oxidation sites excluding steroid dienone is 7. The van der Waals surface area contributed by atoms with Crippen molar-refractivity contribution < 1.29 is 24.4 Å². The Labute approximate surface area is 259 Å². The number of nitrogens with zero attached hydrogens (tertiary/aromatic N) is 2. The number of nitrogens with one attached hydrogen (secondary N) is 2. The molecule has 1 aromatic heterocycles. The van der Waals surface area contributed by atoms with E-state index in [0.717, 1.165) is 36.8 Å². The van der Waals surface area contributed by atoms with Crippen LogP contribution in [0.5, 0.6) is 0 Å². The van der Waals surface area contributed by atoms with Gasteiger partial charge >= 0.3 is 5.97 Å². The van der Waals surface area contributed by atoms with Crippen molar-refractivity contribution in [2.24, 2.45) is 5.92 Å². The Morgan fingerprint density at radius 1 is 1.25 bits per heavy atom. The fourth-order valence-corrected chi connectivity index (χ4v) is 5.50. The number of carboxylic acid groups (broad SMARTS) is 1. The van der Waals surface area contributed by atoms with E-state index < -0.39 is 16.9 Å². The molecule has 0 bridgehead atoms. The molecule has 1 atom stereocenters. The zero-order valence-electron chi connectivity index (χ0n) is 26.0. The fourth-order valence-electron chi connectivity index (χ4n) is 5.50. The zero-order valence-corrected chi connectivity index (χ0v) is 26.0. The van der Waals surface area contributed by atoms with Crippen molar-refractivity contribution >= 4 is 17.4 Å². The molecule has 1 fully saturated rings. The van der Waals surface area contributed by atoms with E-state index in [9.17, 15) is 24.8 Å². The van der Waals surface area contributed by atoms with Gasteiger partial charge in [0.2, 0.25) is 5.91 Å². The lowest BCUT2D eigenvalue weighted by Crippen LogP contribution is -2.38. The number of carbonyl (C=O) groups excluding carboxylic acids is 1. The molecule has 0 radical (unpaired) electrons. The molecule has 0 aliphatic heterocycles. The predicted molar refractivity (Wildman–Crippen MR) is 171 cm³/mol. The number of nitro groups is 1. The molecule has 10 heteroatoms. The second-order valence-electron chi connectivity index (χ2n) is 11.5. The average Bonchev–Trinajstić information content (AvgIpc) is 3.36. The van der Waals surface area contributed by atoms with E-state index in [1.54, 1.807) is 24.4 Å². The molecular weight excluding hydrogens is 560 g/mol. The van der Waals surface area contributed by atoms with E-state index >= 15 is 0 Å². The van der Waals surface area contributed by atoms with Crippen LogP contribution in [-0.4, -0.2) is 44.5 Å². The van der Waals surface area contributed by atoms with Crippen LogP contribution in [0.3, 0.4) is 0 Å². The maximum atomic E-state index is 13.2. The molecule has 10 nitrogen and oxygen atoms in total. The number of H-pyrrole nitrogens is 1. The third-order valence-corrected chi connectivity index (χ3v) is 8.14. The number of carbonyl (C=O) groups is 2. The van der Waals surface area contributed by atoms with E-state index in [0.29, 0.717) is 49.1 Å². The molecule has 2 aliphatic carbocycles. The van der Waals surface area contributed by atoms with Crippen LogP contribution in [0.25, 0.3) is 5.57 Å². The number of imidazole rings is 1. The van der Waals surface area contributed by atoms with Gasteiger partial charge in [-0.15, -0.1) is 0 Å². The quantitative estimate of drug-likeness (QED) is 0.0750. The Kier molecular flexibility index (Phi) is 13.9. The van der Waals surface area contributed by atoms with Crippen molar-refractivity contribution in [2.75, 3.05) is 6.61 Å². The summed E-state index contributed by atoms with van der Waals surface area (Å²) in [7, 11) is 0. The summed E-state index contributed by atoms with van der Waals surface area (Å²) in [5, 5.41) is 24.1. The van der Waals surface area contributed by atoms with Crippen molar-refractivity contribution in [1.29, 1.82) is 0 Å². The van der Waals surface area contributed by atoms with Crippen LogP contribution in [0.15, 0.2) is 71.8 Å². The Morgan fingerprint density at radius 2 is 2.02 bits per heavy atom. The summed E-state index contributed by atoms with van der Waals surface area (Å²) in [6.45, 7) is 7.75. The van der Waals surface area contributed by atoms with Crippen LogP contribution in [0.4, 0.5) is 0 Å². The van der Waals surface area contributed by atoms with Gasteiger partial charge in [0.15, 0.2) is 0 Å². The smallest absolute Gasteiger partial charge is 0.339 e. The van der Waals surface area contributed by atoms with Gasteiger partial charge in [0.25, 0.3) is 5.70 Å². The maximum Gasteiger partial charge on any atom is 0.339 e. The number of hydrogen-bond acceptors (Lipinski definition) is 6. The highest BCUT2D eigenvalue weighted by Crippen LogP contribution is 2.28. The minimum absolute atomic E-state index is 0.0495. The van der Waals surface area contributed by atoms with E-state index in [4.69, 9.17) is 4.74 Å². The van der Waals surface area contributed by atoms with Gasteiger partial charge in [-0.05, 0) is 55.7 Å². The molecule has 1 aromatic rings. The number of aromatic nitrogens is 2. The topological polar surface area (TPSA) is 147 Å². The standard InChI is InChI=1S/C34H46N4O6/c1-4-6-21-44-31-20-17-26(16-19-28(31)34(40)41)29(37-33(39)14-10-13-25-11-8-7-9-12-25)22-32-35-23-30(36-32)24(3)15-18-27(5-2)38(42)43/h5,15,17-20,23,25,29H,2,4,6-14,16,21-22H2,1,3H3,(H,35,36)(H,37,39)(H,40,41)/b24-15+,27-18+. The summed E-state index contributed by atoms with van der Waals surface area (Å²) >= 11 is 0. The minimum Gasteiger partial charge on any atom is -0.493 e. The Morgan fingerprint density at radius 3 is 2.70 bits per heavy atom. The van der Waals surface area contributed by atoms with Crippen molar-refractivity contribution in [2.45, 2.75) is 96.9 Å². The van der Waals surface area contributed by atoms with Crippen LogP contribution < -0.4 is 5.32 Å². The van der Waals surface area contributed by atoms with Gasteiger partial charge in [-0.25, -0.2) is 9.78 Å². The lowest BCUT2D eigenvalue weighted by atomic mass is 9.86. The average molecular weight is 607 g/mol. The molecule has 0 aromatic carbocycles. The van der Waals surface area contributed by atoms with Crippen molar-refractivity contribution in [1.82, 2.24) is 15.3 Å². The molecule has 0 spiro atoms. The van der Waals surface area contributed by atoms with Gasteiger partial charge in [-0.1, -0.05) is 70.3 Å². The van der Waals surface area contributed by atoms with Gasteiger partial charge in [0, 0.05) is 25.0 Å². The first-order chi connectivity index (χ1) is 21.2. The van der Waals surface area contributed by atoms with E-state index in [-0.39, 0.29) is 17.2 Å². The molecule has 1 heterocycles. The highest BCUT2D eigenvalue weighted by atomic mass is 16.6. The molecule has 44 heavy (non-hydrogen) atoms. The first-order valence-electron chi connectivity index (χ1n) is 15.7. The molecule has 3 rings (SSSR count). The molecular formula is C34H46N4O6. The molecule has 0 saturated heterocycles. The van der Waals surface area contributed by atoms with E-state index in [1.165, 1.54) is 44.3 Å². The number of amides is 1. The molecule has 1 amide bonds. The SMILES string of the molecule is C=C/C(=C\C=C(/C)c1cnc(CC(NC(=O)CCCC2CCCCC2)C2=CC=C(OCCCC)C(C(=O)O)=CC2)[nH]1)[N+](=O)[O-]. The van der Waals surface area contributed by atoms with Gasteiger partial charge in [0.05, 0.1) is 35.0 Å². The summed E-state index contributed by atoms with van der Waals surface area (Å²) < 4.78 is 5.81. The maximum absolute atomic E-state index is 13.2. The second kappa shape index (κ2) is 17.8. The number of rotatable bonds is 17. The summed E-state index contributed by atoms with van der Waals surface area (Å²) in [6.07, 6.45) is 22.1. The van der Waals surface area contributed by atoms with Gasteiger partial charge < -0.3 is 20.1 Å². The normalized spacial score (nSPS) is 17.1. The first kappa shape index (κ1) is 34.3. The van der Waals surface area contributed by atoms with Gasteiger partial charge in [0.1, 0.15) is 11.6 Å². The monoisotopic (exact) mass is 606 g/mol. The number of aliphatic carboxylic acids is 1. The minimum atomic E-state index is -1.06. The van der Waals surface area contributed by atoms with Crippen LogP contribution >= 0.6 is 0 Å². The number of unbranched alkanes of at least 4 members (excludes halogenated alkanes) is 1. The number of hydrogen-bond donors (Lipinski definition) is 3. The third kappa shape index (κ3) is 10.8. The van der Waals surface area contributed by atoms with Crippen molar-refractivity contribution in [3.63, 3.8) is 0 Å². The third-order valence-electron chi connectivity index (χ3n) is 8.14. The van der Waals surface area contributed by atoms with Crippen LogP contribution in [0.2, 0.25) is 0 Å². The first-order valence-corrected chi connectivity index (χ1v) is 15.7. The summed E-state index contributed by atoms with van der Waals surface area (Å²) in [5.41, 5.74) is 2.26. The predicted octanol–water partition coefficient (Wildman–Crippen LogP) is 6.98. The second-order valence-corrected chi connectivity index (χ2v) is 11.5. The van der Waals surface area contributed by atoms with E-state index in [1.807, 2.05) is 19.9 Å². The van der Waals surface area contributed by atoms with E-state index in [2.05, 4.69) is 21.9 Å². The summed E-state index contributed by atoms with van der Waals surface area (Å²) in [5.74, 6) is 0.522. The van der Waals surface area contributed by atoms with Gasteiger partial charge in [-0.2, -0.15) is 0 Å².